The largest absolute Gasteiger partial charge is 0.381 e. The second-order valence-corrected chi connectivity index (χ2v) is 5.55. The van der Waals surface area contributed by atoms with Crippen LogP contribution in [0, 0.1) is 0 Å². The van der Waals surface area contributed by atoms with Crippen LogP contribution in [0.1, 0.15) is 23.5 Å². The minimum absolute atomic E-state index is 0.366. The Morgan fingerprint density at radius 1 is 1.16 bits per heavy atom. The van der Waals surface area contributed by atoms with Crippen LogP contribution in [0.15, 0.2) is 48.5 Å². The second-order valence-electron chi connectivity index (χ2n) is 5.11. The Kier molecular flexibility index (Phi) is 3.45. The van der Waals surface area contributed by atoms with Gasteiger partial charge in [0.25, 0.3) is 0 Å². The lowest BCUT2D eigenvalue weighted by molar-refractivity contribution is 0.990. The molecule has 0 spiro atoms. The highest BCUT2D eigenvalue weighted by Gasteiger charge is 2.34. The highest BCUT2D eigenvalue weighted by molar-refractivity contribution is 6.30. The van der Waals surface area contributed by atoms with Crippen LogP contribution in [0.25, 0.3) is 0 Å². The van der Waals surface area contributed by atoms with Gasteiger partial charge in [-0.05, 0) is 41.8 Å². The molecule has 2 aromatic carbocycles. The molecule has 0 saturated heterocycles. The number of halogens is 1. The zero-order valence-electron chi connectivity index (χ0n) is 10.6. The van der Waals surface area contributed by atoms with Crippen molar-refractivity contribution in [2.75, 3.05) is 5.32 Å². The zero-order chi connectivity index (χ0) is 13.2. The van der Waals surface area contributed by atoms with E-state index in [2.05, 4.69) is 35.6 Å². The Balaban J connectivity index is 1.61. The van der Waals surface area contributed by atoms with E-state index < -0.39 is 0 Å². The third-order valence-electron chi connectivity index (χ3n) is 3.56. The summed E-state index contributed by atoms with van der Waals surface area (Å²) in [5, 5.41) is 4.17. The predicted octanol–water partition coefficient (Wildman–Crippen LogP) is 3.77. The molecule has 2 unspecified atom stereocenters. The van der Waals surface area contributed by atoms with E-state index in [1.807, 2.05) is 18.2 Å². The third-order valence-corrected chi connectivity index (χ3v) is 3.80. The molecule has 0 aliphatic heterocycles. The van der Waals surface area contributed by atoms with E-state index in [-0.39, 0.29) is 0 Å². The summed E-state index contributed by atoms with van der Waals surface area (Å²) in [6.07, 6.45) is 1.12. The van der Waals surface area contributed by atoms with Gasteiger partial charge in [-0.15, -0.1) is 0 Å². The highest BCUT2D eigenvalue weighted by atomic mass is 35.5. The molecule has 1 aliphatic rings. The van der Waals surface area contributed by atoms with E-state index in [4.69, 9.17) is 17.3 Å². The lowest BCUT2D eigenvalue weighted by atomic mass is 10.1. The van der Waals surface area contributed by atoms with E-state index in [9.17, 15) is 0 Å². The molecule has 19 heavy (non-hydrogen) atoms. The van der Waals surface area contributed by atoms with Gasteiger partial charge in [-0.3, -0.25) is 0 Å². The van der Waals surface area contributed by atoms with Gasteiger partial charge in [-0.25, -0.2) is 0 Å². The van der Waals surface area contributed by atoms with E-state index in [0.29, 0.717) is 12.0 Å². The maximum Gasteiger partial charge on any atom is 0.0409 e. The number of benzene rings is 2. The van der Waals surface area contributed by atoms with Crippen LogP contribution >= 0.6 is 11.6 Å². The number of hydrogen-bond acceptors (Lipinski definition) is 2. The van der Waals surface area contributed by atoms with Gasteiger partial charge in [0.05, 0.1) is 0 Å². The molecule has 0 aromatic heterocycles. The van der Waals surface area contributed by atoms with Crippen molar-refractivity contribution in [1.82, 2.24) is 0 Å². The van der Waals surface area contributed by atoms with Crippen molar-refractivity contribution in [2.24, 2.45) is 5.73 Å². The van der Waals surface area contributed by atoms with Gasteiger partial charge in [0.15, 0.2) is 0 Å². The molecule has 2 aromatic rings. The monoisotopic (exact) mass is 272 g/mol. The standard InChI is InChI=1S/C16H17ClN2/c17-13-3-1-2-11(8-13)10-19-14-6-4-12(5-7-14)15-9-16(15)18/h1-8,15-16,19H,9-10,18H2. The summed E-state index contributed by atoms with van der Waals surface area (Å²) < 4.78 is 0. The smallest absolute Gasteiger partial charge is 0.0409 e. The van der Waals surface area contributed by atoms with Gasteiger partial charge < -0.3 is 11.1 Å². The summed E-state index contributed by atoms with van der Waals surface area (Å²) in [5.41, 5.74) is 9.51. The number of rotatable bonds is 4. The molecule has 1 aliphatic carbocycles. The average molecular weight is 273 g/mol. The fraction of sp³-hybridized carbons (Fsp3) is 0.250. The van der Waals surface area contributed by atoms with Crippen molar-refractivity contribution in [1.29, 1.82) is 0 Å². The number of nitrogens with one attached hydrogen (secondary N) is 1. The Hall–Kier alpha value is -1.51. The van der Waals surface area contributed by atoms with Crippen molar-refractivity contribution in [3.05, 3.63) is 64.7 Å². The molecule has 98 valence electrons. The van der Waals surface area contributed by atoms with Crippen molar-refractivity contribution >= 4 is 17.3 Å². The molecule has 2 atom stereocenters. The summed E-state index contributed by atoms with van der Waals surface area (Å²) in [6, 6.07) is 16.8. The first-order valence-corrected chi connectivity index (χ1v) is 6.94. The molecule has 0 radical (unpaired) electrons. The molecule has 0 amide bonds. The normalized spacial score (nSPS) is 21.2. The van der Waals surface area contributed by atoms with Crippen LogP contribution in [0.3, 0.4) is 0 Å². The molecular formula is C16H17ClN2. The van der Waals surface area contributed by atoms with Gasteiger partial charge in [-0.1, -0.05) is 35.9 Å². The molecule has 0 bridgehead atoms. The van der Waals surface area contributed by atoms with Gasteiger partial charge in [0, 0.05) is 29.2 Å². The summed E-state index contributed by atoms with van der Waals surface area (Å²) in [7, 11) is 0. The van der Waals surface area contributed by atoms with Crippen molar-refractivity contribution in [3.8, 4) is 0 Å². The van der Waals surface area contributed by atoms with E-state index in [0.717, 1.165) is 23.7 Å². The molecule has 0 heterocycles. The minimum atomic E-state index is 0.366. The quantitative estimate of drug-likeness (QED) is 0.889. The Morgan fingerprint density at radius 2 is 1.89 bits per heavy atom. The molecule has 3 N–H and O–H groups in total. The van der Waals surface area contributed by atoms with Gasteiger partial charge in [-0.2, -0.15) is 0 Å². The lowest BCUT2D eigenvalue weighted by Crippen LogP contribution is -2.01. The Bertz CT molecular complexity index is 565. The molecule has 1 fully saturated rings. The van der Waals surface area contributed by atoms with Crippen LogP contribution in [0.5, 0.6) is 0 Å². The van der Waals surface area contributed by atoms with E-state index >= 15 is 0 Å². The highest BCUT2D eigenvalue weighted by Crippen LogP contribution is 2.39. The predicted molar refractivity (Wildman–Crippen MR) is 80.6 cm³/mol. The van der Waals surface area contributed by atoms with Gasteiger partial charge >= 0.3 is 0 Å². The SMILES string of the molecule is NC1CC1c1ccc(NCc2cccc(Cl)c2)cc1. The van der Waals surface area contributed by atoms with Crippen molar-refractivity contribution in [3.63, 3.8) is 0 Å². The Morgan fingerprint density at radius 3 is 2.53 bits per heavy atom. The summed E-state index contributed by atoms with van der Waals surface area (Å²) in [5.74, 6) is 0.571. The van der Waals surface area contributed by atoms with Gasteiger partial charge in [0.2, 0.25) is 0 Å². The maximum atomic E-state index is 5.96. The van der Waals surface area contributed by atoms with Crippen LogP contribution in [-0.2, 0) is 6.54 Å². The van der Waals surface area contributed by atoms with Gasteiger partial charge in [0.1, 0.15) is 0 Å². The molecule has 3 heteroatoms. The van der Waals surface area contributed by atoms with Crippen LogP contribution in [-0.4, -0.2) is 6.04 Å². The second kappa shape index (κ2) is 5.24. The first kappa shape index (κ1) is 12.5. The summed E-state index contributed by atoms with van der Waals surface area (Å²) in [6.45, 7) is 0.781. The van der Waals surface area contributed by atoms with Crippen molar-refractivity contribution < 1.29 is 0 Å². The molecule has 3 rings (SSSR count). The number of anilines is 1. The minimum Gasteiger partial charge on any atom is -0.381 e. The van der Waals surface area contributed by atoms with Crippen LogP contribution < -0.4 is 11.1 Å². The van der Waals surface area contributed by atoms with Crippen LogP contribution in [0.2, 0.25) is 5.02 Å². The fourth-order valence-electron chi connectivity index (χ4n) is 2.30. The topological polar surface area (TPSA) is 38.0 Å². The zero-order valence-corrected chi connectivity index (χ0v) is 11.4. The fourth-order valence-corrected chi connectivity index (χ4v) is 2.51. The lowest BCUT2D eigenvalue weighted by Gasteiger charge is -2.08. The molecular weight excluding hydrogens is 256 g/mol. The average Bonchev–Trinajstić information content (AvgIpc) is 3.14. The first-order valence-electron chi connectivity index (χ1n) is 6.56. The summed E-state index contributed by atoms with van der Waals surface area (Å²) in [4.78, 5) is 0. The third kappa shape index (κ3) is 3.09. The summed E-state index contributed by atoms with van der Waals surface area (Å²) >= 11 is 5.96. The first-order chi connectivity index (χ1) is 9.22. The Labute approximate surface area is 118 Å². The van der Waals surface area contributed by atoms with Crippen LogP contribution in [0.4, 0.5) is 5.69 Å². The van der Waals surface area contributed by atoms with Crippen molar-refractivity contribution in [2.45, 2.75) is 24.9 Å². The molecule has 2 nitrogen and oxygen atoms in total. The van der Waals surface area contributed by atoms with E-state index in [1.54, 1.807) is 0 Å². The molecule has 1 saturated carbocycles. The number of nitrogens with two attached hydrogens (primary N) is 1. The number of hydrogen-bond donors (Lipinski definition) is 2. The van der Waals surface area contributed by atoms with E-state index in [1.165, 1.54) is 11.1 Å². The maximum absolute atomic E-state index is 5.96.